The predicted molar refractivity (Wildman–Crippen MR) is 125 cm³/mol. The van der Waals surface area contributed by atoms with Gasteiger partial charge >= 0.3 is 0 Å². The number of morpholine rings is 1. The molecule has 0 saturated carbocycles. The minimum atomic E-state index is -0.452. The first-order valence-electron chi connectivity index (χ1n) is 10.3. The van der Waals surface area contributed by atoms with Crippen molar-refractivity contribution in [3.8, 4) is 11.3 Å². The fourth-order valence-electron chi connectivity index (χ4n) is 3.98. The SMILES string of the molecule is C[C@@H]1CN(c2ccc(Nc3ncc(-c4csc(C(N)=O)c4)n4ncnc34)cc2)C[C@H](C)O1. The molecule has 164 valence electrons. The Morgan fingerprint density at radius 2 is 1.94 bits per heavy atom. The van der Waals surface area contributed by atoms with Gasteiger partial charge in [0.1, 0.15) is 6.33 Å². The first kappa shape index (κ1) is 20.4. The Kier molecular flexibility index (Phi) is 5.24. The first-order valence-corrected chi connectivity index (χ1v) is 11.2. The number of nitrogens with one attached hydrogen (secondary N) is 1. The van der Waals surface area contributed by atoms with Crippen LogP contribution in [0.25, 0.3) is 16.9 Å². The van der Waals surface area contributed by atoms with Gasteiger partial charge in [0.25, 0.3) is 5.91 Å². The van der Waals surface area contributed by atoms with E-state index in [0.717, 1.165) is 35.7 Å². The summed E-state index contributed by atoms with van der Waals surface area (Å²) in [6, 6.07) is 9.99. The zero-order valence-corrected chi connectivity index (χ0v) is 18.5. The summed E-state index contributed by atoms with van der Waals surface area (Å²) in [7, 11) is 0. The molecule has 0 bridgehead atoms. The number of amides is 1. The number of carbonyl (C=O) groups excluding carboxylic acids is 1. The minimum absolute atomic E-state index is 0.211. The van der Waals surface area contributed by atoms with E-state index in [9.17, 15) is 4.79 Å². The summed E-state index contributed by atoms with van der Waals surface area (Å²) in [6.45, 7) is 5.95. The summed E-state index contributed by atoms with van der Waals surface area (Å²) in [5.41, 5.74) is 9.59. The third kappa shape index (κ3) is 3.90. The van der Waals surface area contributed by atoms with Crippen LogP contribution in [0.1, 0.15) is 23.5 Å². The number of benzene rings is 1. The highest BCUT2D eigenvalue weighted by Gasteiger charge is 2.22. The van der Waals surface area contributed by atoms with E-state index >= 15 is 0 Å². The summed E-state index contributed by atoms with van der Waals surface area (Å²) >= 11 is 1.29. The number of carbonyl (C=O) groups is 1. The maximum absolute atomic E-state index is 11.4. The van der Waals surface area contributed by atoms with Gasteiger partial charge in [-0.15, -0.1) is 11.3 Å². The molecule has 1 fully saturated rings. The number of anilines is 3. The van der Waals surface area contributed by atoms with Crippen LogP contribution < -0.4 is 16.0 Å². The molecule has 0 radical (unpaired) electrons. The van der Waals surface area contributed by atoms with Gasteiger partial charge in [-0.2, -0.15) is 5.10 Å². The highest BCUT2D eigenvalue weighted by atomic mass is 32.1. The van der Waals surface area contributed by atoms with Crippen LogP contribution in [0.5, 0.6) is 0 Å². The van der Waals surface area contributed by atoms with E-state index in [-0.39, 0.29) is 12.2 Å². The van der Waals surface area contributed by atoms with E-state index in [1.54, 1.807) is 16.8 Å². The van der Waals surface area contributed by atoms with Crippen molar-refractivity contribution < 1.29 is 9.53 Å². The standard InChI is InChI=1S/C22H23N7O2S/c1-13-9-28(10-14(2)31-13)17-5-3-16(4-6-17)27-21-22-25-12-26-29(22)18(8-24-21)15-7-19(20(23)30)32-11-15/h3-8,11-14H,9-10H2,1-2H3,(H2,23,30)(H,24,27)/t13-,14+. The summed E-state index contributed by atoms with van der Waals surface area (Å²) < 4.78 is 7.53. The molecule has 1 aromatic carbocycles. The van der Waals surface area contributed by atoms with Crippen molar-refractivity contribution >= 4 is 40.1 Å². The monoisotopic (exact) mass is 449 g/mol. The van der Waals surface area contributed by atoms with Crippen molar-refractivity contribution in [1.82, 2.24) is 19.6 Å². The highest BCUT2D eigenvalue weighted by Crippen LogP contribution is 2.29. The Bertz CT molecular complexity index is 1260. The third-order valence-corrected chi connectivity index (χ3v) is 6.30. The second-order valence-corrected chi connectivity index (χ2v) is 8.80. The van der Waals surface area contributed by atoms with Gasteiger partial charge in [0.2, 0.25) is 0 Å². The van der Waals surface area contributed by atoms with Gasteiger partial charge in [-0.1, -0.05) is 0 Å². The highest BCUT2D eigenvalue weighted by molar-refractivity contribution is 7.12. The molecule has 0 aliphatic carbocycles. The molecule has 1 aliphatic heterocycles. The Morgan fingerprint density at radius 3 is 2.62 bits per heavy atom. The van der Waals surface area contributed by atoms with Crippen LogP contribution in [0.4, 0.5) is 17.2 Å². The van der Waals surface area contributed by atoms with Gasteiger partial charge in [0.15, 0.2) is 11.5 Å². The number of hydrogen-bond donors (Lipinski definition) is 2. The molecule has 4 aromatic rings. The molecule has 4 heterocycles. The van der Waals surface area contributed by atoms with Gasteiger partial charge in [-0.25, -0.2) is 14.5 Å². The van der Waals surface area contributed by atoms with E-state index in [4.69, 9.17) is 10.5 Å². The lowest BCUT2D eigenvalue weighted by atomic mass is 10.2. The van der Waals surface area contributed by atoms with Crippen molar-refractivity contribution in [2.24, 2.45) is 5.73 Å². The molecule has 3 N–H and O–H groups in total. The minimum Gasteiger partial charge on any atom is -0.372 e. The fourth-order valence-corrected chi connectivity index (χ4v) is 4.74. The molecule has 10 heteroatoms. The average molecular weight is 450 g/mol. The Labute approximate surface area is 188 Å². The summed E-state index contributed by atoms with van der Waals surface area (Å²) in [6.07, 6.45) is 3.61. The van der Waals surface area contributed by atoms with Crippen LogP contribution in [-0.4, -0.2) is 50.8 Å². The Balaban J connectivity index is 1.39. The Morgan fingerprint density at radius 1 is 1.19 bits per heavy atom. The van der Waals surface area contributed by atoms with Crippen molar-refractivity contribution in [3.63, 3.8) is 0 Å². The number of thiophene rings is 1. The lowest BCUT2D eigenvalue weighted by Crippen LogP contribution is -2.45. The summed E-state index contributed by atoms with van der Waals surface area (Å²) in [5, 5.41) is 9.53. The van der Waals surface area contributed by atoms with E-state index in [1.165, 1.54) is 17.7 Å². The topological polar surface area (TPSA) is 111 Å². The molecule has 1 saturated heterocycles. The normalized spacial score (nSPS) is 18.8. The van der Waals surface area contributed by atoms with Gasteiger partial charge in [0, 0.05) is 35.4 Å². The molecule has 1 amide bonds. The number of aromatic nitrogens is 4. The molecular formula is C22H23N7O2S. The average Bonchev–Trinajstić information content (AvgIpc) is 3.44. The number of nitrogens with two attached hydrogens (primary N) is 1. The van der Waals surface area contributed by atoms with Crippen LogP contribution in [0.2, 0.25) is 0 Å². The lowest BCUT2D eigenvalue weighted by molar-refractivity contribution is -0.00521. The molecule has 32 heavy (non-hydrogen) atoms. The molecule has 9 nitrogen and oxygen atoms in total. The summed E-state index contributed by atoms with van der Waals surface area (Å²) in [4.78, 5) is 23.2. The van der Waals surface area contributed by atoms with E-state index < -0.39 is 5.91 Å². The molecular weight excluding hydrogens is 426 g/mol. The summed E-state index contributed by atoms with van der Waals surface area (Å²) in [5.74, 6) is 0.143. The lowest BCUT2D eigenvalue weighted by Gasteiger charge is -2.36. The second-order valence-electron chi connectivity index (χ2n) is 7.89. The maximum atomic E-state index is 11.4. The molecule has 2 atom stereocenters. The largest absolute Gasteiger partial charge is 0.372 e. The van der Waals surface area contributed by atoms with Gasteiger partial charge in [0.05, 0.1) is 29.0 Å². The van der Waals surface area contributed by atoms with Crippen molar-refractivity contribution in [2.75, 3.05) is 23.3 Å². The molecule has 1 aliphatic rings. The van der Waals surface area contributed by atoms with Crippen LogP contribution in [0, 0.1) is 0 Å². The van der Waals surface area contributed by atoms with Crippen molar-refractivity contribution in [2.45, 2.75) is 26.1 Å². The molecule has 5 rings (SSSR count). The smallest absolute Gasteiger partial charge is 0.258 e. The number of primary amides is 1. The number of hydrogen-bond acceptors (Lipinski definition) is 8. The van der Waals surface area contributed by atoms with Gasteiger partial charge in [-0.05, 0) is 44.2 Å². The number of rotatable bonds is 5. The zero-order chi connectivity index (χ0) is 22.2. The number of fused-ring (bicyclic) bond motifs is 1. The Hall–Kier alpha value is -3.50. The molecule has 3 aromatic heterocycles. The van der Waals surface area contributed by atoms with Gasteiger partial charge < -0.3 is 20.7 Å². The fraction of sp³-hybridized carbons (Fsp3) is 0.273. The number of nitrogens with zero attached hydrogens (tertiary/aromatic N) is 5. The predicted octanol–water partition coefficient (Wildman–Crippen LogP) is 3.31. The van der Waals surface area contributed by atoms with Crippen LogP contribution >= 0.6 is 11.3 Å². The molecule has 0 unspecified atom stereocenters. The van der Waals surface area contributed by atoms with E-state index in [0.29, 0.717) is 16.3 Å². The number of ether oxygens (including phenoxy) is 1. The quantitative estimate of drug-likeness (QED) is 0.481. The zero-order valence-electron chi connectivity index (χ0n) is 17.7. The van der Waals surface area contributed by atoms with Crippen molar-refractivity contribution in [1.29, 1.82) is 0 Å². The van der Waals surface area contributed by atoms with Crippen molar-refractivity contribution in [3.05, 3.63) is 53.1 Å². The second kappa shape index (κ2) is 8.21. The van der Waals surface area contributed by atoms with E-state index in [2.05, 4.69) is 51.3 Å². The first-order chi connectivity index (χ1) is 15.5. The van der Waals surface area contributed by atoms with Crippen LogP contribution in [-0.2, 0) is 4.74 Å². The van der Waals surface area contributed by atoms with Gasteiger partial charge in [-0.3, -0.25) is 4.79 Å². The third-order valence-electron chi connectivity index (χ3n) is 5.36. The molecule has 0 spiro atoms. The van der Waals surface area contributed by atoms with Crippen LogP contribution in [0.15, 0.2) is 48.2 Å². The maximum Gasteiger partial charge on any atom is 0.258 e. The van der Waals surface area contributed by atoms with E-state index in [1.807, 2.05) is 17.5 Å². The van der Waals surface area contributed by atoms with Crippen LogP contribution in [0.3, 0.4) is 0 Å².